The fourth-order valence-electron chi connectivity index (χ4n) is 7.79. The summed E-state index contributed by atoms with van der Waals surface area (Å²) in [6.45, 7) is 7.48. The van der Waals surface area contributed by atoms with E-state index in [1.165, 1.54) is 45.6 Å². The number of allylic oxidation sites excluding steroid dienone is 4. The molecule has 0 bridgehead atoms. The van der Waals surface area contributed by atoms with Crippen LogP contribution in [0.4, 0.5) is 0 Å². The molecule has 0 radical (unpaired) electrons. The van der Waals surface area contributed by atoms with Crippen molar-refractivity contribution in [2.45, 2.75) is 72.1 Å². The summed E-state index contributed by atoms with van der Waals surface area (Å²) in [4.78, 5) is 11.6. The molecule has 150 valence electrons. The average Bonchev–Trinajstić information content (AvgIpc) is 3.02. The SMILES string of the molecule is COC(=O)CC[C@H](C)[C@@H]1CC[C@@H]2[C@H]3CC[C@H]4C=CCC[C@]4(C)[C@@H]3C=C[C@]21C. The number of carbonyl (C=O) groups excluding carboxylic acids is 1. The smallest absolute Gasteiger partial charge is 0.305 e. The van der Waals surface area contributed by atoms with Crippen molar-refractivity contribution in [3.05, 3.63) is 24.3 Å². The summed E-state index contributed by atoms with van der Waals surface area (Å²) in [5.41, 5.74) is 0.800. The predicted molar refractivity (Wildman–Crippen MR) is 110 cm³/mol. The van der Waals surface area contributed by atoms with Crippen molar-refractivity contribution in [2.75, 3.05) is 7.11 Å². The molecule has 2 nitrogen and oxygen atoms in total. The minimum absolute atomic E-state index is 0.0580. The number of fused-ring (bicyclic) bond motifs is 5. The van der Waals surface area contributed by atoms with Crippen molar-refractivity contribution in [2.24, 2.45) is 46.3 Å². The van der Waals surface area contributed by atoms with Gasteiger partial charge in [-0.2, -0.15) is 0 Å². The molecule has 2 saturated carbocycles. The summed E-state index contributed by atoms with van der Waals surface area (Å²) in [5, 5.41) is 0. The third-order valence-electron chi connectivity index (χ3n) is 9.38. The van der Waals surface area contributed by atoms with Crippen LogP contribution in [0.15, 0.2) is 24.3 Å². The molecule has 0 saturated heterocycles. The van der Waals surface area contributed by atoms with Crippen molar-refractivity contribution in [3.63, 3.8) is 0 Å². The molecule has 27 heavy (non-hydrogen) atoms. The van der Waals surface area contributed by atoms with Crippen LogP contribution in [0.1, 0.15) is 72.1 Å². The highest BCUT2D eigenvalue weighted by atomic mass is 16.5. The van der Waals surface area contributed by atoms with Crippen LogP contribution in [-0.4, -0.2) is 13.1 Å². The number of hydrogen-bond donors (Lipinski definition) is 0. The number of methoxy groups -OCH3 is 1. The molecule has 0 amide bonds. The van der Waals surface area contributed by atoms with Gasteiger partial charge in [-0.1, -0.05) is 45.1 Å². The van der Waals surface area contributed by atoms with Gasteiger partial charge in [-0.25, -0.2) is 0 Å². The predicted octanol–water partition coefficient (Wildman–Crippen LogP) is 6.18. The van der Waals surface area contributed by atoms with Gasteiger partial charge in [0.15, 0.2) is 0 Å². The maximum atomic E-state index is 11.6. The van der Waals surface area contributed by atoms with Crippen molar-refractivity contribution < 1.29 is 9.53 Å². The Morgan fingerprint density at radius 2 is 2.00 bits per heavy atom. The van der Waals surface area contributed by atoms with Crippen molar-refractivity contribution >= 4 is 5.97 Å². The maximum Gasteiger partial charge on any atom is 0.305 e. The van der Waals surface area contributed by atoms with Gasteiger partial charge in [0.2, 0.25) is 0 Å². The first-order valence-electron chi connectivity index (χ1n) is 11.3. The van der Waals surface area contributed by atoms with Crippen molar-refractivity contribution in [3.8, 4) is 0 Å². The first-order valence-corrected chi connectivity index (χ1v) is 11.3. The number of carbonyl (C=O) groups is 1. The topological polar surface area (TPSA) is 26.3 Å². The second-order valence-corrected chi connectivity index (χ2v) is 10.5. The Kier molecular flexibility index (Phi) is 5.06. The highest BCUT2D eigenvalue weighted by Gasteiger charge is 2.57. The third kappa shape index (κ3) is 3.02. The minimum Gasteiger partial charge on any atom is -0.469 e. The fourth-order valence-corrected chi connectivity index (χ4v) is 7.79. The second-order valence-electron chi connectivity index (χ2n) is 10.5. The van der Waals surface area contributed by atoms with Gasteiger partial charge >= 0.3 is 5.97 Å². The monoisotopic (exact) mass is 370 g/mol. The normalized spacial score (nSPS) is 46.3. The van der Waals surface area contributed by atoms with Gasteiger partial charge in [-0.15, -0.1) is 0 Å². The number of hydrogen-bond acceptors (Lipinski definition) is 2. The molecule has 0 N–H and O–H groups in total. The summed E-state index contributed by atoms with van der Waals surface area (Å²) >= 11 is 0. The van der Waals surface area contributed by atoms with Gasteiger partial charge < -0.3 is 4.74 Å². The molecule has 0 aromatic carbocycles. The lowest BCUT2D eigenvalue weighted by Crippen LogP contribution is -2.50. The number of esters is 1. The van der Waals surface area contributed by atoms with Crippen molar-refractivity contribution in [1.29, 1.82) is 0 Å². The lowest BCUT2D eigenvalue weighted by Gasteiger charge is -2.57. The summed E-state index contributed by atoms with van der Waals surface area (Å²) in [6.07, 6.45) is 19.9. The molecule has 0 aliphatic heterocycles. The van der Waals surface area contributed by atoms with E-state index in [4.69, 9.17) is 4.74 Å². The molecule has 0 heterocycles. The molecule has 0 unspecified atom stereocenters. The molecule has 0 aromatic heterocycles. The zero-order valence-electron chi connectivity index (χ0n) is 17.7. The molecular weight excluding hydrogens is 332 g/mol. The molecule has 2 fully saturated rings. The minimum atomic E-state index is -0.0580. The quantitative estimate of drug-likeness (QED) is 0.436. The Morgan fingerprint density at radius 3 is 2.78 bits per heavy atom. The maximum absolute atomic E-state index is 11.6. The lowest BCUT2D eigenvalue weighted by atomic mass is 9.47. The molecule has 4 rings (SSSR count). The van der Waals surface area contributed by atoms with Gasteiger partial charge in [0.05, 0.1) is 7.11 Å². The average molecular weight is 371 g/mol. The Balaban J connectivity index is 1.55. The molecule has 2 heteroatoms. The van der Waals surface area contributed by atoms with E-state index < -0.39 is 0 Å². The van der Waals surface area contributed by atoms with Crippen LogP contribution in [0.3, 0.4) is 0 Å². The molecule has 0 spiro atoms. The first kappa shape index (κ1) is 19.3. The Labute approximate surface area is 165 Å². The summed E-state index contributed by atoms with van der Waals surface area (Å²) in [6, 6.07) is 0. The van der Waals surface area contributed by atoms with E-state index in [9.17, 15) is 4.79 Å². The van der Waals surface area contributed by atoms with Gasteiger partial charge in [-0.05, 0) is 91.3 Å². The Hall–Kier alpha value is -1.05. The van der Waals surface area contributed by atoms with E-state index in [2.05, 4.69) is 45.1 Å². The molecule has 0 aromatic rings. The standard InChI is InChI=1S/C25H38O2/c1-17(8-13-23(26)27-4)20-11-12-21-19-10-9-18-7-5-6-15-24(18,2)22(19)14-16-25(20,21)3/h5,7,14,16-22H,6,8-13,15H2,1-4H3/t17-,18+,19+,20-,21+,22+,24-,25-/m0/s1. The van der Waals surface area contributed by atoms with E-state index >= 15 is 0 Å². The van der Waals surface area contributed by atoms with Crippen LogP contribution in [0, 0.1) is 46.3 Å². The summed E-state index contributed by atoms with van der Waals surface area (Å²) in [7, 11) is 1.50. The molecule has 4 aliphatic carbocycles. The van der Waals surface area contributed by atoms with E-state index in [-0.39, 0.29) is 5.97 Å². The highest BCUT2D eigenvalue weighted by Crippen LogP contribution is 2.65. The van der Waals surface area contributed by atoms with Gasteiger partial charge in [-0.3, -0.25) is 4.79 Å². The van der Waals surface area contributed by atoms with E-state index in [1.807, 2.05) is 0 Å². The number of rotatable bonds is 4. The van der Waals surface area contributed by atoms with E-state index in [1.54, 1.807) is 0 Å². The van der Waals surface area contributed by atoms with Crippen molar-refractivity contribution in [1.82, 2.24) is 0 Å². The second kappa shape index (κ2) is 7.08. The van der Waals surface area contributed by atoms with Crippen LogP contribution in [0.5, 0.6) is 0 Å². The van der Waals surface area contributed by atoms with Gasteiger partial charge in [0.1, 0.15) is 0 Å². The van der Waals surface area contributed by atoms with Crippen LogP contribution < -0.4 is 0 Å². The summed E-state index contributed by atoms with van der Waals surface area (Å²) < 4.78 is 4.87. The van der Waals surface area contributed by atoms with Crippen LogP contribution in [-0.2, 0) is 9.53 Å². The van der Waals surface area contributed by atoms with E-state index in [0.29, 0.717) is 29.1 Å². The van der Waals surface area contributed by atoms with Gasteiger partial charge in [0, 0.05) is 6.42 Å². The first-order chi connectivity index (χ1) is 12.9. The molecule has 4 aliphatic rings. The Bertz CT molecular complexity index is 634. The number of ether oxygens (including phenoxy) is 1. The van der Waals surface area contributed by atoms with Crippen LogP contribution in [0.2, 0.25) is 0 Å². The lowest BCUT2D eigenvalue weighted by molar-refractivity contribution is -0.141. The van der Waals surface area contributed by atoms with Gasteiger partial charge in [0.25, 0.3) is 0 Å². The largest absolute Gasteiger partial charge is 0.469 e. The fraction of sp³-hybridized carbons (Fsp3) is 0.800. The zero-order chi connectivity index (χ0) is 19.2. The summed E-state index contributed by atoms with van der Waals surface area (Å²) in [5.74, 6) is 4.50. The third-order valence-corrected chi connectivity index (χ3v) is 9.38. The zero-order valence-corrected chi connectivity index (χ0v) is 17.7. The van der Waals surface area contributed by atoms with Crippen LogP contribution in [0.25, 0.3) is 0 Å². The van der Waals surface area contributed by atoms with Crippen LogP contribution >= 0.6 is 0 Å². The highest BCUT2D eigenvalue weighted by molar-refractivity contribution is 5.69. The molecular formula is C25H38O2. The Morgan fingerprint density at radius 1 is 1.19 bits per heavy atom. The molecule has 8 atom stereocenters. The van der Waals surface area contributed by atoms with E-state index in [0.717, 1.165) is 30.1 Å².